The Hall–Kier alpha value is -3.31. The Balaban J connectivity index is 1.51. The maximum Gasteiger partial charge on any atom is 0.412 e. The van der Waals surface area contributed by atoms with Crippen molar-refractivity contribution in [1.82, 2.24) is 5.32 Å². The Bertz CT molecular complexity index is 866. The zero-order valence-corrected chi connectivity index (χ0v) is 15.6. The van der Waals surface area contributed by atoms with E-state index in [4.69, 9.17) is 9.47 Å². The van der Waals surface area contributed by atoms with E-state index in [9.17, 15) is 9.90 Å². The zero-order valence-electron chi connectivity index (χ0n) is 15.6. The third-order valence-electron chi connectivity index (χ3n) is 4.24. The van der Waals surface area contributed by atoms with Crippen LogP contribution in [0, 0.1) is 0 Å². The highest BCUT2D eigenvalue weighted by molar-refractivity contribution is 5.70. The van der Waals surface area contributed by atoms with E-state index in [0.717, 1.165) is 5.56 Å². The molecule has 0 fully saturated rings. The van der Waals surface area contributed by atoms with Gasteiger partial charge in [-0.1, -0.05) is 60.7 Å². The molecule has 5 heteroatoms. The molecule has 28 heavy (non-hydrogen) atoms. The molecule has 1 amide bonds. The fraction of sp³-hybridized carbons (Fsp3) is 0.174. The summed E-state index contributed by atoms with van der Waals surface area (Å²) in [5.74, 6) is 1.16. The second kappa shape index (κ2) is 9.58. The number of aliphatic hydroxyl groups is 1. The van der Waals surface area contributed by atoms with Crippen molar-refractivity contribution in [3.8, 4) is 11.5 Å². The molecule has 5 nitrogen and oxygen atoms in total. The Labute approximate surface area is 164 Å². The second-order valence-electron chi connectivity index (χ2n) is 6.42. The number of rotatable bonds is 7. The van der Waals surface area contributed by atoms with Crippen LogP contribution in [0.3, 0.4) is 0 Å². The molecule has 0 aliphatic carbocycles. The summed E-state index contributed by atoms with van der Waals surface area (Å²) in [6.07, 6.45) is -1.48. The maximum atomic E-state index is 12.0. The molecule has 0 aliphatic rings. The molecule has 0 heterocycles. The van der Waals surface area contributed by atoms with Gasteiger partial charge in [-0.2, -0.15) is 0 Å². The predicted molar refractivity (Wildman–Crippen MR) is 107 cm³/mol. The van der Waals surface area contributed by atoms with E-state index in [1.54, 1.807) is 55.5 Å². The summed E-state index contributed by atoms with van der Waals surface area (Å²) in [5.41, 5.74) is 1.76. The summed E-state index contributed by atoms with van der Waals surface area (Å²) in [6.45, 7) is 2.20. The van der Waals surface area contributed by atoms with Gasteiger partial charge in [0.15, 0.2) is 0 Å². The normalized spacial score (nSPS) is 12.6. The SMILES string of the molecule is CC(NC(=O)Oc1ccccc1)C(O)c1ccc(OCc2ccccc2)cc1. The smallest absolute Gasteiger partial charge is 0.412 e. The van der Waals surface area contributed by atoms with Crippen LogP contribution in [0.1, 0.15) is 24.2 Å². The number of hydrogen-bond donors (Lipinski definition) is 2. The van der Waals surface area contributed by atoms with Crippen LogP contribution in [0.15, 0.2) is 84.9 Å². The van der Waals surface area contributed by atoms with Crippen molar-refractivity contribution in [3.63, 3.8) is 0 Å². The van der Waals surface area contributed by atoms with Crippen molar-refractivity contribution in [2.24, 2.45) is 0 Å². The monoisotopic (exact) mass is 377 g/mol. The Morgan fingerprint density at radius 2 is 1.50 bits per heavy atom. The van der Waals surface area contributed by atoms with Gasteiger partial charge in [-0.15, -0.1) is 0 Å². The van der Waals surface area contributed by atoms with E-state index in [2.05, 4.69) is 5.32 Å². The second-order valence-corrected chi connectivity index (χ2v) is 6.42. The van der Waals surface area contributed by atoms with Crippen LogP contribution in [-0.4, -0.2) is 17.2 Å². The summed E-state index contributed by atoms with van der Waals surface area (Å²) in [5, 5.41) is 13.1. The lowest BCUT2D eigenvalue weighted by atomic mass is 10.0. The highest BCUT2D eigenvalue weighted by Crippen LogP contribution is 2.21. The van der Waals surface area contributed by atoms with Gasteiger partial charge in [-0.05, 0) is 42.3 Å². The fourth-order valence-electron chi connectivity index (χ4n) is 2.68. The van der Waals surface area contributed by atoms with Crippen LogP contribution in [0.25, 0.3) is 0 Å². The number of hydrogen-bond acceptors (Lipinski definition) is 4. The Morgan fingerprint density at radius 3 is 2.14 bits per heavy atom. The van der Waals surface area contributed by atoms with E-state index < -0.39 is 18.2 Å². The lowest BCUT2D eigenvalue weighted by Crippen LogP contribution is -2.38. The van der Waals surface area contributed by atoms with E-state index in [-0.39, 0.29) is 0 Å². The first kappa shape index (κ1) is 19.5. The third-order valence-corrected chi connectivity index (χ3v) is 4.24. The van der Waals surface area contributed by atoms with E-state index in [1.807, 2.05) is 36.4 Å². The van der Waals surface area contributed by atoms with Gasteiger partial charge in [0.05, 0.1) is 12.1 Å². The van der Waals surface area contributed by atoms with Gasteiger partial charge in [0, 0.05) is 0 Å². The fourth-order valence-corrected chi connectivity index (χ4v) is 2.68. The van der Waals surface area contributed by atoms with Gasteiger partial charge in [0.25, 0.3) is 0 Å². The lowest BCUT2D eigenvalue weighted by Gasteiger charge is -2.20. The Kier molecular flexibility index (Phi) is 6.65. The van der Waals surface area contributed by atoms with Crippen LogP contribution in [-0.2, 0) is 6.61 Å². The molecular weight excluding hydrogens is 354 g/mol. The van der Waals surface area contributed by atoms with Crippen LogP contribution >= 0.6 is 0 Å². The average Bonchev–Trinajstić information content (AvgIpc) is 2.73. The molecule has 2 N–H and O–H groups in total. The molecule has 0 bridgehead atoms. The number of carbonyl (C=O) groups is 1. The molecule has 0 saturated carbocycles. The molecule has 144 valence electrons. The number of ether oxygens (including phenoxy) is 2. The number of benzene rings is 3. The van der Waals surface area contributed by atoms with Gasteiger partial charge in [0.1, 0.15) is 18.1 Å². The van der Waals surface area contributed by atoms with Crippen molar-refractivity contribution in [1.29, 1.82) is 0 Å². The first-order chi connectivity index (χ1) is 13.6. The van der Waals surface area contributed by atoms with Gasteiger partial charge >= 0.3 is 6.09 Å². The summed E-state index contributed by atoms with van der Waals surface area (Å²) in [6, 6.07) is 25.3. The van der Waals surface area contributed by atoms with E-state index in [0.29, 0.717) is 23.7 Å². The van der Waals surface area contributed by atoms with Gasteiger partial charge in [-0.3, -0.25) is 0 Å². The maximum absolute atomic E-state index is 12.0. The van der Waals surface area contributed by atoms with Gasteiger partial charge in [-0.25, -0.2) is 4.79 Å². The van der Waals surface area contributed by atoms with Crippen LogP contribution in [0.4, 0.5) is 4.79 Å². The van der Waals surface area contributed by atoms with Crippen molar-refractivity contribution in [2.75, 3.05) is 0 Å². The molecule has 0 saturated heterocycles. The number of amides is 1. The molecule has 0 radical (unpaired) electrons. The molecule has 3 rings (SSSR count). The number of carbonyl (C=O) groups excluding carboxylic acids is 1. The molecule has 3 aromatic rings. The molecule has 0 aliphatic heterocycles. The zero-order chi connectivity index (χ0) is 19.8. The number of nitrogens with one attached hydrogen (secondary N) is 1. The summed E-state index contributed by atoms with van der Waals surface area (Å²) >= 11 is 0. The highest BCUT2D eigenvalue weighted by Gasteiger charge is 2.19. The van der Waals surface area contributed by atoms with Crippen molar-refractivity contribution < 1.29 is 19.4 Å². The number of para-hydroxylation sites is 1. The topological polar surface area (TPSA) is 67.8 Å². The van der Waals surface area contributed by atoms with Crippen LogP contribution < -0.4 is 14.8 Å². The Morgan fingerprint density at radius 1 is 0.893 bits per heavy atom. The van der Waals surface area contributed by atoms with Crippen molar-refractivity contribution in [2.45, 2.75) is 25.7 Å². The van der Waals surface area contributed by atoms with E-state index in [1.165, 1.54) is 0 Å². The summed E-state index contributed by atoms with van der Waals surface area (Å²) in [7, 11) is 0. The first-order valence-electron chi connectivity index (χ1n) is 9.10. The van der Waals surface area contributed by atoms with Gasteiger partial charge < -0.3 is 19.9 Å². The molecule has 2 atom stereocenters. The molecular formula is C23H23NO4. The minimum atomic E-state index is -0.869. The largest absolute Gasteiger partial charge is 0.489 e. The van der Waals surface area contributed by atoms with Crippen molar-refractivity contribution >= 4 is 6.09 Å². The van der Waals surface area contributed by atoms with E-state index >= 15 is 0 Å². The average molecular weight is 377 g/mol. The molecule has 0 aromatic heterocycles. The standard InChI is InChI=1S/C23H23NO4/c1-17(24-23(26)28-21-10-6-3-7-11-21)22(25)19-12-14-20(15-13-19)27-16-18-8-4-2-5-9-18/h2-15,17,22,25H,16H2,1H3,(H,24,26). The summed E-state index contributed by atoms with van der Waals surface area (Å²) < 4.78 is 10.9. The molecule has 2 unspecified atom stereocenters. The predicted octanol–water partition coefficient (Wildman–Crippen LogP) is 4.48. The lowest BCUT2D eigenvalue weighted by molar-refractivity contribution is 0.129. The highest BCUT2D eigenvalue weighted by atomic mass is 16.6. The van der Waals surface area contributed by atoms with Crippen molar-refractivity contribution in [3.05, 3.63) is 96.1 Å². The van der Waals surface area contributed by atoms with Gasteiger partial charge in [0.2, 0.25) is 0 Å². The first-order valence-corrected chi connectivity index (χ1v) is 9.10. The minimum absolute atomic E-state index is 0.446. The molecule has 0 spiro atoms. The summed E-state index contributed by atoms with van der Waals surface area (Å²) in [4.78, 5) is 12.0. The van der Waals surface area contributed by atoms with Crippen LogP contribution in [0.5, 0.6) is 11.5 Å². The third kappa shape index (κ3) is 5.59. The molecule has 3 aromatic carbocycles. The number of aliphatic hydroxyl groups excluding tert-OH is 1. The quantitative estimate of drug-likeness (QED) is 0.637. The minimum Gasteiger partial charge on any atom is -0.489 e. The van der Waals surface area contributed by atoms with Crippen LogP contribution in [0.2, 0.25) is 0 Å².